The monoisotopic (exact) mass is 453 g/mol. The Morgan fingerprint density at radius 2 is 1.71 bits per heavy atom. The van der Waals surface area contributed by atoms with E-state index in [1.54, 1.807) is 0 Å². The molecule has 1 amide bonds. The van der Waals surface area contributed by atoms with E-state index in [0.717, 1.165) is 29.9 Å². The van der Waals surface area contributed by atoms with Crippen LogP contribution in [-0.4, -0.2) is 36.1 Å². The van der Waals surface area contributed by atoms with Crippen molar-refractivity contribution in [3.8, 4) is 22.6 Å². The smallest absolute Gasteiger partial charge is 0.253 e. The van der Waals surface area contributed by atoms with Crippen molar-refractivity contribution in [2.75, 3.05) is 19.7 Å². The molecule has 0 aliphatic carbocycles. The predicted molar refractivity (Wildman–Crippen MR) is 136 cm³/mol. The maximum atomic E-state index is 13.0. The van der Waals surface area contributed by atoms with Crippen molar-refractivity contribution >= 4 is 12.0 Å². The first-order chi connectivity index (χ1) is 16.5. The lowest BCUT2D eigenvalue weighted by molar-refractivity contribution is 0.0329. The third-order valence-electron chi connectivity index (χ3n) is 6.58. The molecule has 1 fully saturated rings. The lowest BCUT2D eigenvalue weighted by atomic mass is 9.87. The van der Waals surface area contributed by atoms with E-state index in [1.807, 2.05) is 35.2 Å². The van der Waals surface area contributed by atoms with E-state index < -0.39 is 0 Å². The number of amides is 1. The van der Waals surface area contributed by atoms with E-state index in [4.69, 9.17) is 9.47 Å². The van der Waals surface area contributed by atoms with E-state index >= 15 is 0 Å². The van der Waals surface area contributed by atoms with Crippen LogP contribution in [0.2, 0.25) is 0 Å². The normalized spacial score (nSPS) is 16.3. The Kier molecular flexibility index (Phi) is 6.14. The highest BCUT2D eigenvalue weighted by Gasteiger charge is 2.38. The zero-order chi connectivity index (χ0) is 23.5. The molecule has 1 spiro atoms. The molecule has 0 N–H and O–H groups in total. The maximum Gasteiger partial charge on any atom is 0.253 e. The van der Waals surface area contributed by atoms with Crippen molar-refractivity contribution < 1.29 is 14.3 Å². The molecule has 4 nitrogen and oxygen atoms in total. The lowest BCUT2D eigenvalue weighted by Crippen LogP contribution is -2.49. The highest BCUT2D eigenvalue weighted by atomic mass is 16.5. The number of rotatable bonds is 5. The van der Waals surface area contributed by atoms with Gasteiger partial charge in [0.2, 0.25) is 0 Å². The average molecular weight is 454 g/mol. The number of carbonyl (C=O) groups is 1. The van der Waals surface area contributed by atoms with Gasteiger partial charge in [-0.05, 0) is 59.5 Å². The molecule has 174 valence electrons. The molecule has 5 rings (SSSR count). The largest absolute Gasteiger partial charge is 0.493 e. The fourth-order valence-electron chi connectivity index (χ4n) is 4.57. The van der Waals surface area contributed by atoms with Crippen molar-refractivity contribution in [2.45, 2.75) is 32.3 Å². The highest BCUT2D eigenvalue weighted by Crippen LogP contribution is 2.39. The quantitative estimate of drug-likeness (QED) is 0.444. The SMILES string of the molecule is CC(C)COc1ccc(C(=O)N2CCC3(C=Cc4cc(-c5ccccc5)ccc4O3)CC2)cc1. The summed E-state index contributed by atoms with van der Waals surface area (Å²) in [6.45, 7) is 6.25. The Hall–Kier alpha value is -3.53. The Labute approximate surface area is 201 Å². The summed E-state index contributed by atoms with van der Waals surface area (Å²) in [6, 6.07) is 24.2. The molecule has 2 aliphatic rings. The highest BCUT2D eigenvalue weighted by molar-refractivity contribution is 5.94. The van der Waals surface area contributed by atoms with Gasteiger partial charge in [-0.3, -0.25) is 4.79 Å². The molecule has 3 aromatic rings. The Bertz CT molecular complexity index is 1170. The molecular weight excluding hydrogens is 422 g/mol. The Morgan fingerprint density at radius 1 is 0.971 bits per heavy atom. The first-order valence-electron chi connectivity index (χ1n) is 12.1. The van der Waals surface area contributed by atoms with Crippen molar-refractivity contribution in [1.82, 2.24) is 4.90 Å². The van der Waals surface area contributed by atoms with Crippen LogP contribution in [-0.2, 0) is 0 Å². The van der Waals surface area contributed by atoms with Crippen LogP contribution in [0.4, 0.5) is 0 Å². The van der Waals surface area contributed by atoms with Gasteiger partial charge in [0.25, 0.3) is 5.91 Å². The molecule has 0 saturated carbocycles. The second-order valence-corrected chi connectivity index (χ2v) is 9.64. The van der Waals surface area contributed by atoms with Gasteiger partial charge in [-0.2, -0.15) is 0 Å². The number of ether oxygens (including phenoxy) is 2. The van der Waals surface area contributed by atoms with E-state index in [0.29, 0.717) is 31.2 Å². The number of fused-ring (bicyclic) bond motifs is 1. The number of hydrogen-bond acceptors (Lipinski definition) is 3. The number of piperidine rings is 1. The number of carbonyl (C=O) groups excluding carboxylic acids is 1. The molecule has 2 aliphatic heterocycles. The van der Waals surface area contributed by atoms with Crippen molar-refractivity contribution in [3.05, 3.63) is 90.0 Å². The summed E-state index contributed by atoms with van der Waals surface area (Å²) >= 11 is 0. The van der Waals surface area contributed by atoms with Crippen LogP contribution >= 0.6 is 0 Å². The van der Waals surface area contributed by atoms with E-state index in [-0.39, 0.29) is 11.5 Å². The van der Waals surface area contributed by atoms with Gasteiger partial charge in [-0.15, -0.1) is 0 Å². The van der Waals surface area contributed by atoms with Crippen LogP contribution < -0.4 is 9.47 Å². The van der Waals surface area contributed by atoms with Gasteiger partial charge < -0.3 is 14.4 Å². The zero-order valence-corrected chi connectivity index (χ0v) is 19.9. The second kappa shape index (κ2) is 9.38. The van der Waals surface area contributed by atoms with Crippen molar-refractivity contribution in [2.24, 2.45) is 5.92 Å². The fraction of sp³-hybridized carbons (Fsp3) is 0.300. The first kappa shape index (κ1) is 22.3. The van der Waals surface area contributed by atoms with Gasteiger partial charge in [-0.1, -0.05) is 56.3 Å². The Morgan fingerprint density at radius 3 is 2.41 bits per heavy atom. The second-order valence-electron chi connectivity index (χ2n) is 9.64. The van der Waals surface area contributed by atoms with Crippen LogP contribution in [0, 0.1) is 5.92 Å². The summed E-state index contributed by atoms with van der Waals surface area (Å²) < 4.78 is 12.2. The molecular formula is C30H31NO3. The van der Waals surface area contributed by atoms with Gasteiger partial charge in [0, 0.05) is 37.1 Å². The first-order valence-corrected chi connectivity index (χ1v) is 12.1. The molecule has 3 aromatic carbocycles. The van der Waals surface area contributed by atoms with Gasteiger partial charge in [0.05, 0.1) is 6.61 Å². The van der Waals surface area contributed by atoms with Crippen molar-refractivity contribution in [3.63, 3.8) is 0 Å². The lowest BCUT2D eigenvalue weighted by Gasteiger charge is -2.42. The fourth-order valence-corrected chi connectivity index (χ4v) is 4.57. The zero-order valence-electron chi connectivity index (χ0n) is 19.9. The van der Waals surface area contributed by atoms with Crippen LogP contribution in [0.15, 0.2) is 78.9 Å². The van der Waals surface area contributed by atoms with Crippen LogP contribution in [0.5, 0.6) is 11.5 Å². The van der Waals surface area contributed by atoms with E-state index in [9.17, 15) is 4.79 Å². The van der Waals surface area contributed by atoms with E-state index in [1.165, 1.54) is 11.1 Å². The summed E-state index contributed by atoms with van der Waals surface area (Å²) in [5.41, 5.74) is 3.85. The topological polar surface area (TPSA) is 38.8 Å². The standard InChI is InChI=1S/C30H31NO3/c1-22(2)21-33-27-11-8-24(9-12-27)29(32)31-18-16-30(17-19-31)15-14-26-20-25(10-13-28(26)34-30)23-6-4-3-5-7-23/h3-15,20,22H,16-19,21H2,1-2H3. The minimum atomic E-state index is -0.341. The van der Waals surface area contributed by atoms with Gasteiger partial charge in [0.1, 0.15) is 17.1 Å². The molecule has 4 heteroatoms. The predicted octanol–water partition coefficient (Wildman–Crippen LogP) is 6.47. The van der Waals surface area contributed by atoms with Gasteiger partial charge in [0.15, 0.2) is 0 Å². The number of hydrogen-bond donors (Lipinski definition) is 0. The summed E-state index contributed by atoms with van der Waals surface area (Å²) in [7, 11) is 0. The third-order valence-corrected chi connectivity index (χ3v) is 6.58. The van der Waals surface area contributed by atoms with E-state index in [2.05, 4.69) is 68.5 Å². The molecule has 0 aromatic heterocycles. The minimum absolute atomic E-state index is 0.0675. The summed E-state index contributed by atoms with van der Waals surface area (Å²) in [4.78, 5) is 15.0. The molecule has 0 radical (unpaired) electrons. The third kappa shape index (κ3) is 4.72. The minimum Gasteiger partial charge on any atom is -0.493 e. The summed E-state index contributed by atoms with van der Waals surface area (Å²) in [6.07, 6.45) is 5.93. The summed E-state index contributed by atoms with van der Waals surface area (Å²) in [5, 5.41) is 0. The molecule has 1 saturated heterocycles. The molecule has 0 atom stereocenters. The molecule has 2 heterocycles. The number of benzene rings is 3. The van der Waals surface area contributed by atoms with Gasteiger partial charge >= 0.3 is 0 Å². The number of nitrogens with zero attached hydrogens (tertiary/aromatic N) is 1. The van der Waals surface area contributed by atoms with Crippen LogP contribution in [0.3, 0.4) is 0 Å². The van der Waals surface area contributed by atoms with Gasteiger partial charge in [-0.25, -0.2) is 0 Å². The average Bonchev–Trinajstić information content (AvgIpc) is 2.88. The van der Waals surface area contributed by atoms with Crippen molar-refractivity contribution in [1.29, 1.82) is 0 Å². The maximum absolute atomic E-state index is 13.0. The molecule has 0 bridgehead atoms. The van der Waals surface area contributed by atoms with Crippen LogP contribution in [0.1, 0.15) is 42.6 Å². The summed E-state index contributed by atoms with van der Waals surface area (Å²) in [5.74, 6) is 2.26. The molecule has 34 heavy (non-hydrogen) atoms. The van der Waals surface area contributed by atoms with Crippen LogP contribution in [0.25, 0.3) is 17.2 Å². The number of likely N-dealkylation sites (tertiary alicyclic amines) is 1. The Balaban J connectivity index is 1.22. The molecule has 0 unspecified atom stereocenters.